The predicted molar refractivity (Wildman–Crippen MR) is 170 cm³/mol. The van der Waals surface area contributed by atoms with Crippen molar-refractivity contribution >= 4 is 12.0 Å². The summed E-state index contributed by atoms with van der Waals surface area (Å²) in [6, 6.07) is -1.72. The summed E-state index contributed by atoms with van der Waals surface area (Å²) < 4.78 is 25.0. The molecular weight excluding hydrogens is 598 g/mol. The molecule has 3 rings (SSSR count). The Morgan fingerprint density at radius 1 is 1.13 bits per heavy atom. The lowest BCUT2D eigenvalue weighted by Crippen LogP contribution is -2.62. The topological polar surface area (TPSA) is 170 Å². The second-order valence-corrected chi connectivity index (χ2v) is 15.1. The van der Waals surface area contributed by atoms with E-state index in [-0.39, 0.29) is 43.5 Å². The zero-order valence-electron chi connectivity index (χ0n) is 29.9. The molecule has 13 heteroatoms. The molecule has 3 aliphatic heterocycles. The van der Waals surface area contributed by atoms with Gasteiger partial charge >= 0.3 is 12.0 Å². The summed E-state index contributed by atoms with van der Waals surface area (Å²) in [5.41, 5.74) is -3.15. The van der Waals surface area contributed by atoms with Gasteiger partial charge in [-0.3, -0.25) is 4.79 Å². The van der Waals surface area contributed by atoms with Crippen LogP contribution in [0.2, 0.25) is 0 Å². The highest BCUT2D eigenvalue weighted by Gasteiger charge is 2.64. The van der Waals surface area contributed by atoms with Crippen LogP contribution < -0.4 is 5.32 Å². The first-order valence-corrected chi connectivity index (χ1v) is 16.9. The number of urea groups is 1. The second kappa shape index (κ2) is 14.5. The molecule has 0 aromatic carbocycles. The van der Waals surface area contributed by atoms with E-state index in [0.29, 0.717) is 6.42 Å². The second-order valence-electron chi connectivity index (χ2n) is 15.1. The Bertz CT molecular complexity index is 1060. The zero-order chi connectivity index (χ0) is 35.1. The van der Waals surface area contributed by atoms with E-state index in [4.69, 9.17) is 18.9 Å². The van der Waals surface area contributed by atoms with Crippen LogP contribution in [-0.2, 0) is 23.7 Å². The summed E-state index contributed by atoms with van der Waals surface area (Å²) in [4.78, 5) is 30.6. The van der Waals surface area contributed by atoms with Gasteiger partial charge in [0.05, 0.1) is 23.9 Å². The number of amides is 2. The number of aliphatic hydroxyl groups is 4. The third-order valence-corrected chi connectivity index (χ3v) is 10.4. The molecule has 3 fully saturated rings. The van der Waals surface area contributed by atoms with Gasteiger partial charge in [-0.15, -0.1) is 0 Å². The molecule has 3 saturated heterocycles. The van der Waals surface area contributed by atoms with Crippen LogP contribution in [0.25, 0.3) is 0 Å². The van der Waals surface area contributed by atoms with Gasteiger partial charge in [0.1, 0.15) is 29.8 Å². The van der Waals surface area contributed by atoms with E-state index >= 15 is 0 Å². The number of carbonyl (C=O) groups excluding carboxylic acids is 2. The summed E-state index contributed by atoms with van der Waals surface area (Å²) in [5.74, 6) is -5.17. The van der Waals surface area contributed by atoms with Crippen LogP contribution in [0.15, 0.2) is 0 Å². The number of cyclic esters (lactones) is 1. The highest BCUT2D eigenvalue weighted by Crippen LogP contribution is 2.50. The number of carbonyl (C=O) groups is 2. The highest BCUT2D eigenvalue weighted by atomic mass is 16.7. The number of fused-ring (bicyclic) bond motifs is 2. The molecule has 0 radical (unpaired) electrons. The van der Waals surface area contributed by atoms with E-state index in [1.54, 1.807) is 27.7 Å². The molecule has 2 bridgehead atoms. The van der Waals surface area contributed by atoms with Crippen LogP contribution in [-0.4, -0.2) is 135 Å². The van der Waals surface area contributed by atoms with Crippen molar-refractivity contribution in [1.29, 1.82) is 0 Å². The van der Waals surface area contributed by atoms with Gasteiger partial charge in [-0.05, 0) is 87.7 Å². The van der Waals surface area contributed by atoms with E-state index in [9.17, 15) is 30.0 Å². The number of esters is 1. The predicted octanol–water partition coefficient (Wildman–Crippen LogP) is 1.83. The summed E-state index contributed by atoms with van der Waals surface area (Å²) in [6.45, 7) is 17.4. The quantitative estimate of drug-likeness (QED) is 0.273. The average molecular weight is 660 g/mol. The normalized spacial score (nSPS) is 46.3. The van der Waals surface area contributed by atoms with Crippen molar-refractivity contribution in [2.75, 3.05) is 20.6 Å². The van der Waals surface area contributed by atoms with E-state index < -0.39 is 77.6 Å². The Morgan fingerprint density at radius 2 is 1.74 bits per heavy atom. The fourth-order valence-corrected chi connectivity index (χ4v) is 7.70. The van der Waals surface area contributed by atoms with Crippen molar-refractivity contribution in [2.45, 2.75) is 160 Å². The number of hydrogen-bond donors (Lipinski definition) is 5. The smallest absolute Gasteiger partial charge is 0.317 e. The third-order valence-electron chi connectivity index (χ3n) is 10.4. The van der Waals surface area contributed by atoms with Crippen LogP contribution in [0, 0.1) is 17.8 Å². The lowest BCUT2D eigenvalue weighted by molar-refractivity contribution is -0.286. The maximum atomic E-state index is 13.7. The van der Waals surface area contributed by atoms with Crippen molar-refractivity contribution in [3.63, 3.8) is 0 Å². The van der Waals surface area contributed by atoms with Gasteiger partial charge in [0.25, 0.3) is 0 Å². The molecule has 14 atom stereocenters. The Hall–Kier alpha value is -1.58. The van der Waals surface area contributed by atoms with Gasteiger partial charge in [0, 0.05) is 24.5 Å². The minimum atomic E-state index is -2.06. The Balaban J connectivity index is 2.11. The minimum absolute atomic E-state index is 0.157. The van der Waals surface area contributed by atoms with Crippen molar-refractivity contribution in [2.24, 2.45) is 17.8 Å². The molecular formula is C33H61N3O10. The average Bonchev–Trinajstić information content (AvgIpc) is 3.13. The molecule has 46 heavy (non-hydrogen) atoms. The number of hydrogen-bond acceptors (Lipinski definition) is 11. The number of aliphatic hydroxyl groups excluding tert-OH is 2. The summed E-state index contributed by atoms with van der Waals surface area (Å²) in [6.07, 6.45) is -4.69. The van der Waals surface area contributed by atoms with Crippen LogP contribution in [0.5, 0.6) is 0 Å². The maximum absolute atomic E-state index is 13.7. The SMILES string of the molecule is CC[C@H]1OC(=O)[C@H](C)C2(O)OC(C)(C[C@@H](C)CN(C(=O)NC(C)C)[C@H](C)[C@@H](O)[C@]1(C)O)[C@H](O[C@@H]1O[C@H](C)C[C@H](N(C)C)[C@H]1O)C2C. The molecule has 0 saturated carbocycles. The number of nitrogens with one attached hydrogen (secondary N) is 1. The molecule has 0 aromatic rings. The van der Waals surface area contributed by atoms with Crippen molar-refractivity contribution in [3.8, 4) is 0 Å². The molecule has 0 aliphatic carbocycles. The number of ether oxygens (including phenoxy) is 4. The molecule has 0 aromatic heterocycles. The first kappa shape index (κ1) is 38.9. The Morgan fingerprint density at radius 3 is 2.28 bits per heavy atom. The van der Waals surface area contributed by atoms with E-state index in [2.05, 4.69) is 5.32 Å². The van der Waals surface area contributed by atoms with Gasteiger partial charge in [0.15, 0.2) is 12.1 Å². The first-order valence-electron chi connectivity index (χ1n) is 16.9. The number of nitrogens with zero attached hydrogens (tertiary/aromatic N) is 2. The number of rotatable bonds is 5. The van der Waals surface area contributed by atoms with Crippen LogP contribution in [0.1, 0.15) is 88.5 Å². The Kier molecular flexibility index (Phi) is 12.2. The van der Waals surface area contributed by atoms with E-state index in [1.165, 1.54) is 18.7 Å². The Labute approximate surface area is 274 Å². The number of likely N-dealkylation sites (N-methyl/N-ethyl adjacent to an activating group) is 1. The fraction of sp³-hybridized carbons (Fsp3) is 0.939. The molecule has 5 N–H and O–H groups in total. The van der Waals surface area contributed by atoms with E-state index in [0.717, 1.165) is 0 Å². The molecule has 268 valence electrons. The lowest BCUT2D eigenvalue weighted by atomic mass is 9.80. The maximum Gasteiger partial charge on any atom is 0.317 e. The molecule has 3 unspecified atom stereocenters. The molecule has 3 aliphatic rings. The molecule has 13 nitrogen and oxygen atoms in total. The summed E-state index contributed by atoms with van der Waals surface area (Å²) in [5, 5.41) is 49.5. The van der Waals surface area contributed by atoms with Gasteiger partial charge in [-0.25, -0.2) is 4.79 Å². The van der Waals surface area contributed by atoms with Crippen molar-refractivity contribution in [1.82, 2.24) is 15.1 Å². The molecule has 3 heterocycles. The van der Waals surface area contributed by atoms with Crippen molar-refractivity contribution in [3.05, 3.63) is 0 Å². The van der Waals surface area contributed by atoms with Gasteiger partial charge in [-0.1, -0.05) is 20.8 Å². The van der Waals surface area contributed by atoms with E-state index in [1.807, 2.05) is 46.7 Å². The molecule has 0 spiro atoms. The first-order chi connectivity index (χ1) is 21.1. The van der Waals surface area contributed by atoms with Crippen LogP contribution in [0.4, 0.5) is 4.79 Å². The van der Waals surface area contributed by atoms with Crippen molar-refractivity contribution < 1.29 is 49.0 Å². The van der Waals surface area contributed by atoms with Crippen LogP contribution >= 0.6 is 0 Å². The highest BCUT2D eigenvalue weighted by molar-refractivity contribution is 5.75. The zero-order valence-corrected chi connectivity index (χ0v) is 29.9. The third kappa shape index (κ3) is 7.67. The van der Waals surface area contributed by atoms with Crippen LogP contribution in [0.3, 0.4) is 0 Å². The fourth-order valence-electron chi connectivity index (χ4n) is 7.70. The monoisotopic (exact) mass is 659 g/mol. The summed E-state index contributed by atoms with van der Waals surface area (Å²) in [7, 11) is 3.77. The van der Waals surface area contributed by atoms with Gasteiger partial charge in [0.2, 0.25) is 0 Å². The lowest BCUT2D eigenvalue weighted by Gasteiger charge is -2.45. The standard InChI is InChI=1S/C33H61N3O10/c1-13-24-32(10,41)26(38)22(8)36(30(40)34-17(2)3)16-18(4)15-31(9)27(20(6)33(42,46-31)21(7)28(39)44-24)45-29-25(37)23(35(11)12)14-19(5)43-29/h17-27,29,37-38,41-42H,13-16H2,1-12H3,(H,34,40)/t18-,19-,20?,21+,22-,23+,24-,25-,26-,27-,29+,31?,32-,33?/m1/s1. The largest absolute Gasteiger partial charge is 0.459 e. The minimum Gasteiger partial charge on any atom is -0.459 e. The molecule has 2 amide bonds. The van der Waals surface area contributed by atoms with Gasteiger partial charge < -0.3 is 54.5 Å². The summed E-state index contributed by atoms with van der Waals surface area (Å²) >= 11 is 0. The van der Waals surface area contributed by atoms with Gasteiger partial charge in [-0.2, -0.15) is 0 Å².